The van der Waals surface area contributed by atoms with Crippen molar-refractivity contribution in [3.8, 4) is 17.1 Å². The molecule has 0 saturated heterocycles. The van der Waals surface area contributed by atoms with E-state index in [-0.39, 0.29) is 5.91 Å². The summed E-state index contributed by atoms with van der Waals surface area (Å²) in [6.45, 7) is 8.61. The van der Waals surface area contributed by atoms with Gasteiger partial charge in [-0.25, -0.2) is 0 Å². The van der Waals surface area contributed by atoms with Crippen LogP contribution in [0.3, 0.4) is 0 Å². The average molecular weight is 477 g/mol. The van der Waals surface area contributed by atoms with E-state index in [1.165, 1.54) is 11.8 Å². The Labute approximate surface area is 195 Å². The minimum atomic E-state index is -0.409. The minimum Gasteiger partial charge on any atom is -0.494 e. The fourth-order valence-corrected chi connectivity index (χ4v) is 4.15. The molecule has 0 radical (unpaired) electrons. The second-order valence-electron chi connectivity index (χ2n) is 6.54. The Morgan fingerprint density at radius 1 is 1.26 bits per heavy atom. The predicted molar refractivity (Wildman–Crippen MR) is 127 cm³/mol. The fourth-order valence-electron chi connectivity index (χ4n) is 2.80. The number of aromatic nitrogens is 3. The number of benzene rings is 2. The number of allylic oxidation sites excluding steroid dienone is 1. The number of hydrogen-bond acceptors (Lipinski definition) is 5. The van der Waals surface area contributed by atoms with Gasteiger partial charge < -0.3 is 10.1 Å². The van der Waals surface area contributed by atoms with Crippen LogP contribution in [0.4, 0.5) is 5.69 Å². The van der Waals surface area contributed by atoms with Crippen molar-refractivity contribution in [1.29, 1.82) is 0 Å². The van der Waals surface area contributed by atoms with Gasteiger partial charge in [-0.15, -0.1) is 16.8 Å². The van der Waals surface area contributed by atoms with E-state index in [4.69, 9.17) is 27.9 Å². The molecule has 0 unspecified atom stereocenters. The number of carbonyl (C=O) groups excluding carboxylic acids is 1. The Hall–Kier alpha value is -2.48. The molecule has 6 nitrogen and oxygen atoms in total. The monoisotopic (exact) mass is 476 g/mol. The van der Waals surface area contributed by atoms with Gasteiger partial charge in [0.05, 0.1) is 16.9 Å². The van der Waals surface area contributed by atoms with E-state index in [2.05, 4.69) is 22.1 Å². The Morgan fingerprint density at radius 2 is 2.00 bits per heavy atom. The lowest BCUT2D eigenvalue weighted by Crippen LogP contribution is -2.23. The fraction of sp³-hybridized carbons (Fsp3) is 0.227. The summed E-state index contributed by atoms with van der Waals surface area (Å²) in [7, 11) is 0. The summed E-state index contributed by atoms with van der Waals surface area (Å²) in [4.78, 5) is 12.7. The molecule has 0 aliphatic carbocycles. The number of carbonyl (C=O) groups is 1. The highest BCUT2D eigenvalue weighted by Crippen LogP contribution is 2.32. The maximum atomic E-state index is 12.7. The first-order chi connectivity index (χ1) is 14.9. The van der Waals surface area contributed by atoms with Crippen LogP contribution in [0.2, 0.25) is 10.0 Å². The molecule has 3 aromatic rings. The summed E-state index contributed by atoms with van der Waals surface area (Å²) in [5.74, 6) is 1.20. The Bertz CT molecular complexity index is 1070. The molecular formula is C22H22Cl2N4O2S. The molecule has 31 heavy (non-hydrogen) atoms. The number of nitrogens with zero attached hydrogens (tertiary/aromatic N) is 3. The first-order valence-corrected chi connectivity index (χ1v) is 11.3. The van der Waals surface area contributed by atoms with Gasteiger partial charge in [-0.05, 0) is 56.3 Å². The molecule has 2 aromatic carbocycles. The van der Waals surface area contributed by atoms with E-state index in [9.17, 15) is 4.79 Å². The molecule has 9 heteroatoms. The van der Waals surface area contributed by atoms with E-state index in [1.54, 1.807) is 36.4 Å². The molecule has 1 atom stereocenters. The smallest absolute Gasteiger partial charge is 0.237 e. The third-order valence-electron chi connectivity index (χ3n) is 4.28. The van der Waals surface area contributed by atoms with E-state index in [0.29, 0.717) is 45.4 Å². The molecule has 1 heterocycles. The van der Waals surface area contributed by atoms with Crippen molar-refractivity contribution >= 4 is 46.6 Å². The molecule has 1 aromatic heterocycles. The summed E-state index contributed by atoms with van der Waals surface area (Å²) >= 11 is 13.7. The Balaban J connectivity index is 1.75. The second kappa shape index (κ2) is 10.7. The number of ether oxygens (including phenoxy) is 1. The van der Waals surface area contributed by atoms with E-state index in [1.807, 2.05) is 30.5 Å². The SMILES string of the molecule is C=CCn1c(S[C@@H](C)C(=O)Nc2ccc(OCC)cc2)nnc1-c1ccc(Cl)cc1Cl. The molecule has 0 bridgehead atoms. The Kier molecular flexibility index (Phi) is 8.01. The summed E-state index contributed by atoms with van der Waals surface area (Å²) < 4.78 is 7.29. The molecule has 1 N–H and O–H groups in total. The molecule has 0 saturated carbocycles. The molecule has 1 amide bonds. The zero-order valence-electron chi connectivity index (χ0n) is 17.1. The average Bonchev–Trinajstić information content (AvgIpc) is 3.12. The van der Waals surface area contributed by atoms with Crippen LogP contribution in [0.25, 0.3) is 11.4 Å². The number of rotatable bonds is 9. The highest BCUT2D eigenvalue weighted by molar-refractivity contribution is 8.00. The molecule has 0 aliphatic heterocycles. The summed E-state index contributed by atoms with van der Waals surface area (Å²) in [5.41, 5.74) is 1.40. The number of anilines is 1. The van der Waals surface area contributed by atoms with Gasteiger partial charge in [0.2, 0.25) is 5.91 Å². The first-order valence-electron chi connectivity index (χ1n) is 9.62. The number of hydrogen-bond donors (Lipinski definition) is 1. The number of thioether (sulfide) groups is 1. The van der Waals surface area contributed by atoms with Crippen LogP contribution >= 0.6 is 35.0 Å². The van der Waals surface area contributed by atoms with Crippen LogP contribution in [-0.2, 0) is 11.3 Å². The zero-order valence-corrected chi connectivity index (χ0v) is 19.5. The van der Waals surface area contributed by atoms with Crippen LogP contribution in [0, 0.1) is 0 Å². The third-order valence-corrected chi connectivity index (χ3v) is 5.91. The highest BCUT2D eigenvalue weighted by atomic mass is 35.5. The summed E-state index contributed by atoms with van der Waals surface area (Å²) in [6.07, 6.45) is 1.74. The standard InChI is InChI=1S/C22H22Cl2N4O2S/c1-4-12-28-20(18-11-6-15(23)13-19(18)24)26-27-22(28)31-14(3)21(29)25-16-7-9-17(10-8-16)30-5-2/h4,6-11,13-14H,1,5,12H2,2-3H3,(H,25,29)/t14-/m0/s1. The topological polar surface area (TPSA) is 69.0 Å². The van der Waals surface area contributed by atoms with Gasteiger partial charge in [0.15, 0.2) is 11.0 Å². The first kappa shape index (κ1) is 23.2. The van der Waals surface area contributed by atoms with Crippen molar-refractivity contribution in [2.45, 2.75) is 30.8 Å². The van der Waals surface area contributed by atoms with Gasteiger partial charge >= 0.3 is 0 Å². The summed E-state index contributed by atoms with van der Waals surface area (Å²) in [5, 5.41) is 12.7. The van der Waals surface area contributed by atoms with Crippen LogP contribution in [0.5, 0.6) is 5.75 Å². The summed E-state index contributed by atoms with van der Waals surface area (Å²) in [6, 6.07) is 12.5. The second-order valence-corrected chi connectivity index (χ2v) is 8.69. The number of nitrogens with one attached hydrogen (secondary N) is 1. The maximum absolute atomic E-state index is 12.7. The van der Waals surface area contributed by atoms with Gasteiger partial charge in [-0.3, -0.25) is 9.36 Å². The van der Waals surface area contributed by atoms with Gasteiger partial charge in [-0.1, -0.05) is 41.0 Å². The van der Waals surface area contributed by atoms with Gasteiger partial charge in [0.1, 0.15) is 5.75 Å². The number of amides is 1. The van der Waals surface area contributed by atoms with Crippen LogP contribution in [-0.4, -0.2) is 32.5 Å². The molecule has 0 spiro atoms. The molecule has 0 fully saturated rings. The van der Waals surface area contributed by atoms with E-state index in [0.717, 1.165) is 5.75 Å². The zero-order chi connectivity index (χ0) is 22.4. The third kappa shape index (κ3) is 5.81. The van der Waals surface area contributed by atoms with Crippen molar-refractivity contribution in [3.63, 3.8) is 0 Å². The maximum Gasteiger partial charge on any atom is 0.237 e. The van der Waals surface area contributed by atoms with E-state index >= 15 is 0 Å². The van der Waals surface area contributed by atoms with Crippen LogP contribution in [0.1, 0.15) is 13.8 Å². The lowest BCUT2D eigenvalue weighted by atomic mass is 10.2. The van der Waals surface area contributed by atoms with Crippen molar-refractivity contribution in [2.24, 2.45) is 0 Å². The minimum absolute atomic E-state index is 0.145. The Morgan fingerprint density at radius 3 is 2.65 bits per heavy atom. The van der Waals surface area contributed by atoms with Crippen molar-refractivity contribution in [2.75, 3.05) is 11.9 Å². The molecule has 162 valence electrons. The quantitative estimate of drug-likeness (QED) is 0.304. The lowest BCUT2D eigenvalue weighted by Gasteiger charge is -2.13. The number of halogens is 2. The predicted octanol–water partition coefficient (Wildman–Crippen LogP) is 5.96. The van der Waals surface area contributed by atoms with Gasteiger partial charge in [-0.2, -0.15) is 0 Å². The van der Waals surface area contributed by atoms with Gasteiger partial charge in [0, 0.05) is 22.8 Å². The van der Waals surface area contributed by atoms with Crippen molar-refractivity contribution in [3.05, 3.63) is 65.2 Å². The molecule has 0 aliphatic rings. The van der Waals surface area contributed by atoms with E-state index < -0.39 is 5.25 Å². The van der Waals surface area contributed by atoms with Crippen LogP contribution in [0.15, 0.2) is 60.3 Å². The molecule has 3 rings (SSSR count). The molecular weight excluding hydrogens is 455 g/mol. The largest absolute Gasteiger partial charge is 0.494 e. The lowest BCUT2D eigenvalue weighted by molar-refractivity contribution is -0.115. The van der Waals surface area contributed by atoms with Crippen molar-refractivity contribution < 1.29 is 9.53 Å². The highest BCUT2D eigenvalue weighted by Gasteiger charge is 2.21. The van der Waals surface area contributed by atoms with Crippen molar-refractivity contribution in [1.82, 2.24) is 14.8 Å². The normalized spacial score (nSPS) is 11.7. The van der Waals surface area contributed by atoms with Crippen LogP contribution < -0.4 is 10.1 Å². The van der Waals surface area contributed by atoms with Gasteiger partial charge in [0.25, 0.3) is 0 Å².